The first kappa shape index (κ1) is 16.7. The molecule has 0 aliphatic heterocycles. The Morgan fingerprint density at radius 2 is 1.29 bits per heavy atom. The molecule has 0 spiro atoms. The van der Waals surface area contributed by atoms with Gasteiger partial charge in [-0.2, -0.15) is 0 Å². The molecule has 4 N–H and O–H groups in total. The topological polar surface area (TPSA) is 113 Å². The van der Waals surface area contributed by atoms with Crippen LogP contribution >= 0.6 is 23.5 Å². The van der Waals surface area contributed by atoms with Gasteiger partial charge >= 0.3 is 0 Å². The number of thioether (sulfide) groups is 2. The van der Waals surface area contributed by atoms with Crippen molar-refractivity contribution in [2.75, 3.05) is 11.7 Å². The van der Waals surface area contributed by atoms with Crippen molar-refractivity contribution in [1.82, 2.24) is 29.7 Å². The highest BCUT2D eigenvalue weighted by Crippen LogP contribution is 2.24. The molecule has 2 aromatic heterocycles. The second-order valence-corrected chi connectivity index (χ2v) is 7.08. The first-order valence-electron chi connectivity index (χ1n) is 7.22. The number of hydrogen-bond acceptors (Lipinski definition) is 8. The first-order chi connectivity index (χ1) is 11.5. The third-order valence-electron chi connectivity index (χ3n) is 3.40. The molecular weight excluding hydrogens is 344 g/mol. The minimum Gasteiger partial charge on any atom is -0.336 e. The summed E-state index contributed by atoms with van der Waals surface area (Å²) in [7, 11) is 0. The zero-order chi connectivity index (χ0) is 17.1. The average Bonchev–Trinajstić information content (AvgIpc) is 3.08. The van der Waals surface area contributed by atoms with Crippen molar-refractivity contribution in [1.29, 1.82) is 0 Å². The van der Waals surface area contributed by atoms with Gasteiger partial charge in [-0.25, -0.2) is 9.35 Å². The summed E-state index contributed by atoms with van der Waals surface area (Å²) in [5.41, 5.74) is 2.40. The van der Waals surface area contributed by atoms with E-state index in [-0.39, 0.29) is 0 Å². The van der Waals surface area contributed by atoms with Crippen LogP contribution in [0.25, 0.3) is 0 Å². The number of nitrogens with two attached hydrogens (primary N) is 2. The fourth-order valence-electron chi connectivity index (χ4n) is 2.00. The maximum absolute atomic E-state index is 5.87. The molecule has 0 aliphatic rings. The molecule has 10 heteroatoms. The van der Waals surface area contributed by atoms with E-state index < -0.39 is 0 Å². The lowest BCUT2D eigenvalue weighted by molar-refractivity contribution is 0.825. The Bertz CT molecular complexity index is 776. The van der Waals surface area contributed by atoms with Gasteiger partial charge in [-0.15, -0.1) is 20.4 Å². The largest absolute Gasteiger partial charge is 0.336 e. The lowest BCUT2D eigenvalue weighted by Crippen LogP contribution is -2.11. The van der Waals surface area contributed by atoms with Gasteiger partial charge in [-0.05, 0) is 25.0 Å². The average molecular weight is 362 g/mol. The molecule has 0 amide bonds. The van der Waals surface area contributed by atoms with E-state index in [1.54, 1.807) is 23.5 Å². The van der Waals surface area contributed by atoms with Gasteiger partial charge in [0, 0.05) is 11.5 Å². The molecule has 0 unspecified atom stereocenters. The zero-order valence-corrected chi connectivity index (χ0v) is 15.0. The number of nitrogen functional groups attached to an aromatic ring is 2. The highest BCUT2D eigenvalue weighted by atomic mass is 32.2. The molecule has 0 saturated heterocycles. The number of aromatic nitrogens is 6. The molecule has 0 atom stereocenters. The Hall–Kier alpha value is -2.20. The predicted molar refractivity (Wildman–Crippen MR) is 95.4 cm³/mol. The van der Waals surface area contributed by atoms with E-state index in [9.17, 15) is 0 Å². The number of nitrogens with zero attached hydrogens (tertiary/aromatic N) is 6. The highest BCUT2D eigenvalue weighted by molar-refractivity contribution is 7.98. The van der Waals surface area contributed by atoms with Gasteiger partial charge in [0.2, 0.25) is 10.3 Å². The van der Waals surface area contributed by atoms with Gasteiger partial charge in [0.25, 0.3) is 0 Å². The van der Waals surface area contributed by atoms with Gasteiger partial charge in [0.05, 0.1) is 0 Å². The van der Waals surface area contributed by atoms with Crippen LogP contribution in [0.5, 0.6) is 0 Å². The molecule has 0 fully saturated rings. The maximum atomic E-state index is 5.87. The van der Waals surface area contributed by atoms with E-state index in [0.717, 1.165) is 11.5 Å². The van der Waals surface area contributed by atoms with E-state index in [2.05, 4.69) is 38.6 Å². The van der Waals surface area contributed by atoms with Crippen LogP contribution in [0.15, 0.2) is 34.6 Å². The summed E-state index contributed by atoms with van der Waals surface area (Å²) >= 11 is 3.12. The Morgan fingerprint density at radius 3 is 1.67 bits per heavy atom. The van der Waals surface area contributed by atoms with E-state index in [1.807, 2.05) is 19.9 Å². The summed E-state index contributed by atoms with van der Waals surface area (Å²) in [5.74, 6) is 14.7. The number of aryl methyl sites for hydroxylation is 2. The molecule has 0 aliphatic carbocycles. The maximum Gasteiger partial charge on any atom is 0.210 e. The van der Waals surface area contributed by atoms with Crippen molar-refractivity contribution in [2.24, 2.45) is 0 Å². The van der Waals surface area contributed by atoms with Crippen LogP contribution in [0.1, 0.15) is 22.8 Å². The number of hydrogen-bond donors (Lipinski definition) is 2. The Morgan fingerprint density at radius 1 is 0.833 bits per heavy atom. The Labute approximate surface area is 148 Å². The van der Waals surface area contributed by atoms with Crippen LogP contribution < -0.4 is 11.7 Å². The van der Waals surface area contributed by atoms with Crippen LogP contribution in [-0.2, 0) is 11.5 Å². The number of benzene rings is 1. The lowest BCUT2D eigenvalue weighted by Gasteiger charge is -2.05. The molecule has 2 heterocycles. The molecule has 3 rings (SSSR count). The predicted octanol–water partition coefficient (Wildman–Crippen LogP) is 1.50. The first-order valence-corrected chi connectivity index (χ1v) is 9.19. The summed E-state index contributed by atoms with van der Waals surface area (Å²) in [6, 6.07) is 8.37. The summed E-state index contributed by atoms with van der Waals surface area (Å²) in [5, 5.41) is 17.4. The standard InChI is InChI=1S/C14H18N8S2/c1-9-17-19-13(21(9)15)23-7-11-4-3-5-12(6-11)8-24-14-20-18-10(2)22(14)16/h3-6H,7-8,15-16H2,1-2H3. The molecular formula is C14H18N8S2. The van der Waals surface area contributed by atoms with Gasteiger partial charge < -0.3 is 11.7 Å². The number of rotatable bonds is 6. The SMILES string of the molecule is Cc1nnc(SCc2cccc(CSc3nnc(C)n3N)c2)n1N. The van der Waals surface area contributed by atoms with Crippen molar-refractivity contribution in [3.05, 3.63) is 47.0 Å². The second kappa shape index (κ2) is 7.14. The Kier molecular flexibility index (Phi) is 4.95. The third-order valence-corrected chi connectivity index (χ3v) is 5.43. The molecule has 8 nitrogen and oxygen atoms in total. The molecule has 126 valence electrons. The fourth-order valence-corrected chi connectivity index (χ4v) is 3.69. The minimum atomic E-state index is 0.698. The van der Waals surface area contributed by atoms with Crippen molar-refractivity contribution < 1.29 is 0 Å². The van der Waals surface area contributed by atoms with Gasteiger partial charge in [0.15, 0.2) is 0 Å². The van der Waals surface area contributed by atoms with Crippen LogP contribution in [-0.4, -0.2) is 29.7 Å². The van der Waals surface area contributed by atoms with Crippen molar-refractivity contribution in [3.63, 3.8) is 0 Å². The summed E-state index contributed by atoms with van der Waals surface area (Å²) < 4.78 is 3.00. The minimum absolute atomic E-state index is 0.698. The van der Waals surface area contributed by atoms with Crippen LogP contribution in [0.4, 0.5) is 0 Å². The van der Waals surface area contributed by atoms with Gasteiger partial charge in [-0.1, -0.05) is 47.8 Å². The van der Waals surface area contributed by atoms with Crippen LogP contribution in [0.3, 0.4) is 0 Å². The van der Waals surface area contributed by atoms with Crippen molar-refractivity contribution in [2.45, 2.75) is 35.7 Å². The van der Waals surface area contributed by atoms with Crippen molar-refractivity contribution in [3.8, 4) is 0 Å². The quantitative estimate of drug-likeness (QED) is 0.501. The lowest BCUT2D eigenvalue weighted by atomic mass is 10.2. The summed E-state index contributed by atoms with van der Waals surface area (Å²) in [4.78, 5) is 0. The van der Waals surface area contributed by atoms with Gasteiger partial charge in [0.1, 0.15) is 11.6 Å². The van der Waals surface area contributed by atoms with E-state index >= 15 is 0 Å². The highest BCUT2D eigenvalue weighted by Gasteiger charge is 2.09. The third kappa shape index (κ3) is 3.65. The normalized spacial score (nSPS) is 11.1. The van der Waals surface area contributed by atoms with E-state index in [4.69, 9.17) is 11.7 Å². The smallest absolute Gasteiger partial charge is 0.210 e. The second-order valence-electron chi connectivity index (χ2n) is 5.20. The van der Waals surface area contributed by atoms with Gasteiger partial charge in [-0.3, -0.25) is 0 Å². The Balaban J connectivity index is 1.61. The zero-order valence-electron chi connectivity index (χ0n) is 13.4. The van der Waals surface area contributed by atoms with Crippen molar-refractivity contribution >= 4 is 23.5 Å². The molecule has 1 aromatic carbocycles. The summed E-state index contributed by atoms with van der Waals surface area (Å²) in [6.45, 7) is 3.65. The molecule has 0 radical (unpaired) electrons. The van der Waals surface area contributed by atoms with Crippen LogP contribution in [0, 0.1) is 13.8 Å². The van der Waals surface area contributed by atoms with E-state index in [1.165, 1.54) is 20.5 Å². The monoisotopic (exact) mass is 362 g/mol. The molecule has 0 saturated carbocycles. The molecule has 0 bridgehead atoms. The summed E-state index contributed by atoms with van der Waals surface area (Å²) in [6.07, 6.45) is 0. The van der Waals surface area contributed by atoms with E-state index in [0.29, 0.717) is 22.0 Å². The van der Waals surface area contributed by atoms with Crippen LogP contribution in [0.2, 0.25) is 0 Å². The molecule has 24 heavy (non-hydrogen) atoms. The molecule has 3 aromatic rings. The fraction of sp³-hybridized carbons (Fsp3) is 0.286.